The number of aliphatic hydroxyl groups excluding tert-OH is 2. The van der Waals surface area contributed by atoms with E-state index in [4.69, 9.17) is 0 Å². The topological polar surface area (TPSA) is 46.9 Å². The summed E-state index contributed by atoms with van der Waals surface area (Å²) in [5, 5.41) is 22.3. The van der Waals surface area contributed by atoms with Crippen LogP contribution in [0.5, 0.6) is 0 Å². The molecule has 0 fully saturated rings. The third-order valence-electron chi connectivity index (χ3n) is 1.80. The Hall–Kier alpha value is -0.160. The number of nitrogens with zero attached hydrogens (tertiary/aromatic N) is 2. The molecular weight excluding hydrogens is 156 g/mol. The Morgan fingerprint density at radius 2 is 1.33 bits per heavy atom. The van der Waals surface area contributed by atoms with Gasteiger partial charge in [0, 0.05) is 14.1 Å². The highest BCUT2D eigenvalue weighted by atomic mass is 16.3. The van der Waals surface area contributed by atoms with Gasteiger partial charge in [0.05, 0.1) is 0 Å². The quantitative estimate of drug-likeness (QED) is 0.465. The van der Waals surface area contributed by atoms with Crippen molar-refractivity contribution in [2.75, 3.05) is 14.1 Å². The Morgan fingerprint density at radius 3 is 1.50 bits per heavy atom. The first kappa shape index (κ1) is 11.8. The fraction of sp³-hybridized carbons (Fsp3) is 1.00. The van der Waals surface area contributed by atoms with Crippen LogP contribution in [-0.2, 0) is 0 Å². The zero-order valence-electron chi connectivity index (χ0n) is 8.36. The molecule has 2 unspecified atom stereocenters. The van der Waals surface area contributed by atoms with Crippen molar-refractivity contribution in [2.45, 2.75) is 39.1 Å². The van der Waals surface area contributed by atoms with Gasteiger partial charge in [0.1, 0.15) is 12.5 Å². The molecule has 2 N–H and O–H groups in total. The zero-order valence-corrected chi connectivity index (χ0v) is 8.36. The Balaban J connectivity index is 4.21. The lowest BCUT2D eigenvalue weighted by atomic mass is 10.3. The first-order valence-corrected chi connectivity index (χ1v) is 4.36. The summed E-state index contributed by atoms with van der Waals surface area (Å²) in [4.78, 5) is 0. The lowest BCUT2D eigenvalue weighted by molar-refractivity contribution is -0.200. The van der Waals surface area contributed by atoms with E-state index in [0.717, 1.165) is 0 Å². The molecule has 4 heteroatoms. The Bertz CT molecular complexity index is 110. The van der Waals surface area contributed by atoms with E-state index >= 15 is 0 Å². The molecule has 0 aliphatic heterocycles. The lowest BCUT2D eigenvalue weighted by Gasteiger charge is -2.36. The van der Waals surface area contributed by atoms with Crippen molar-refractivity contribution >= 4 is 0 Å². The maximum absolute atomic E-state index is 9.51. The maximum atomic E-state index is 9.51. The number of aliphatic hydroxyl groups is 2. The van der Waals surface area contributed by atoms with Crippen LogP contribution < -0.4 is 0 Å². The van der Waals surface area contributed by atoms with Gasteiger partial charge in [-0.05, 0) is 12.8 Å². The lowest BCUT2D eigenvalue weighted by Crippen LogP contribution is -2.50. The normalized spacial score (nSPS) is 17.0. The second-order valence-corrected chi connectivity index (χ2v) is 3.00. The van der Waals surface area contributed by atoms with Crippen molar-refractivity contribution in [1.82, 2.24) is 10.0 Å². The molecule has 0 amide bonds. The van der Waals surface area contributed by atoms with Gasteiger partial charge in [-0.1, -0.05) is 13.8 Å². The van der Waals surface area contributed by atoms with Gasteiger partial charge in [-0.3, -0.25) is 0 Å². The second-order valence-electron chi connectivity index (χ2n) is 3.00. The van der Waals surface area contributed by atoms with Crippen LogP contribution in [0, 0.1) is 0 Å². The number of hydrazine groups is 1. The minimum Gasteiger partial charge on any atom is -0.377 e. The van der Waals surface area contributed by atoms with Crippen LogP contribution >= 0.6 is 0 Å². The predicted octanol–water partition coefficient (Wildman–Crippen LogP) is 0.222. The third-order valence-corrected chi connectivity index (χ3v) is 1.80. The molecule has 0 rings (SSSR count). The van der Waals surface area contributed by atoms with Crippen molar-refractivity contribution in [3.05, 3.63) is 0 Å². The summed E-state index contributed by atoms with van der Waals surface area (Å²) >= 11 is 0. The molecule has 74 valence electrons. The summed E-state index contributed by atoms with van der Waals surface area (Å²) < 4.78 is 0. The summed E-state index contributed by atoms with van der Waals surface area (Å²) in [6, 6.07) is 0. The van der Waals surface area contributed by atoms with Crippen LogP contribution in [0.3, 0.4) is 0 Å². The monoisotopic (exact) mass is 176 g/mol. The van der Waals surface area contributed by atoms with E-state index in [0.29, 0.717) is 12.8 Å². The molecule has 0 aromatic carbocycles. The van der Waals surface area contributed by atoms with Crippen molar-refractivity contribution in [3.8, 4) is 0 Å². The number of hydrogen-bond acceptors (Lipinski definition) is 4. The fourth-order valence-electron chi connectivity index (χ4n) is 1.11. The highest BCUT2D eigenvalue weighted by molar-refractivity contribution is 4.58. The average molecular weight is 176 g/mol. The fourth-order valence-corrected chi connectivity index (χ4v) is 1.11. The van der Waals surface area contributed by atoms with E-state index in [9.17, 15) is 10.2 Å². The van der Waals surface area contributed by atoms with E-state index in [1.54, 1.807) is 24.1 Å². The van der Waals surface area contributed by atoms with Crippen molar-refractivity contribution in [2.24, 2.45) is 0 Å². The van der Waals surface area contributed by atoms with Gasteiger partial charge in [0.15, 0.2) is 0 Å². The minimum absolute atomic E-state index is 0.602. The summed E-state index contributed by atoms with van der Waals surface area (Å²) in [6.45, 7) is 3.76. The largest absolute Gasteiger partial charge is 0.377 e. The molecule has 0 bridgehead atoms. The van der Waals surface area contributed by atoms with Crippen molar-refractivity contribution < 1.29 is 10.2 Å². The Labute approximate surface area is 74.4 Å². The SMILES string of the molecule is CCC(O)N(C(O)CC)N(C)C. The van der Waals surface area contributed by atoms with Gasteiger partial charge in [0.25, 0.3) is 0 Å². The summed E-state index contributed by atoms with van der Waals surface area (Å²) in [5.41, 5.74) is 0. The van der Waals surface area contributed by atoms with Crippen LogP contribution in [0.4, 0.5) is 0 Å². The van der Waals surface area contributed by atoms with Crippen molar-refractivity contribution in [1.29, 1.82) is 0 Å². The molecule has 4 nitrogen and oxygen atoms in total. The van der Waals surface area contributed by atoms with Gasteiger partial charge in [-0.2, -0.15) is 5.01 Å². The highest BCUT2D eigenvalue weighted by Crippen LogP contribution is 2.08. The molecule has 0 saturated heterocycles. The van der Waals surface area contributed by atoms with Crippen LogP contribution in [-0.4, -0.2) is 46.8 Å². The molecule has 12 heavy (non-hydrogen) atoms. The molecule has 0 radical (unpaired) electrons. The predicted molar refractivity (Wildman–Crippen MR) is 48.1 cm³/mol. The van der Waals surface area contributed by atoms with E-state index in [1.165, 1.54) is 0 Å². The molecule has 0 heterocycles. The van der Waals surface area contributed by atoms with Crippen LogP contribution in [0.1, 0.15) is 26.7 Å². The van der Waals surface area contributed by atoms with E-state index in [1.807, 2.05) is 13.8 Å². The zero-order chi connectivity index (χ0) is 9.72. The van der Waals surface area contributed by atoms with Gasteiger partial charge in [-0.25, -0.2) is 5.01 Å². The number of rotatable bonds is 5. The third kappa shape index (κ3) is 3.06. The summed E-state index contributed by atoms with van der Waals surface area (Å²) in [6.07, 6.45) is 0.00898. The van der Waals surface area contributed by atoms with Gasteiger partial charge < -0.3 is 10.2 Å². The van der Waals surface area contributed by atoms with Gasteiger partial charge >= 0.3 is 0 Å². The van der Waals surface area contributed by atoms with E-state index in [2.05, 4.69) is 0 Å². The van der Waals surface area contributed by atoms with Crippen LogP contribution in [0.15, 0.2) is 0 Å². The minimum atomic E-state index is -0.602. The smallest absolute Gasteiger partial charge is 0.122 e. The molecule has 0 saturated carbocycles. The maximum Gasteiger partial charge on any atom is 0.122 e. The average Bonchev–Trinajstić information content (AvgIpc) is 2.03. The molecule has 0 aliphatic carbocycles. The molecule has 2 atom stereocenters. The van der Waals surface area contributed by atoms with Crippen molar-refractivity contribution in [3.63, 3.8) is 0 Å². The van der Waals surface area contributed by atoms with E-state index in [-0.39, 0.29) is 0 Å². The number of hydrogen-bond donors (Lipinski definition) is 2. The Morgan fingerprint density at radius 1 is 1.00 bits per heavy atom. The van der Waals surface area contributed by atoms with E-state index < -0.39 is 12.5 Å². The Kier molecular flexibility index (Phi) is 5.41. The standard InChI is InChI=1S/C8H20N2O2/c1-5-7(11)10(9(3)4)8(12)6-2/h7-8,11-12H,5-6H2,1-4H3. The second kappa shape index (κ2) is 5.48. The molecular formula is C8H20N2O2. The molecule has 0 spiro atoms. The molecule has 0 aromatic rings. The van der Waals surface area contributed by atoms with Gasteiger partial charge in [-0.15, -0.1) is 0 Å². The van der Waals surface area contributed by atoms with Gasteiger partial charge in [0.2, 0.25) is 0 Å². The molecule has 0 aliphatic rings. The molecule has 0 aromatic heterocycles. The first-order chi connectivity index (χ1) is 5.54. The summed E-state index contributed by atoms with van der Waals surface area (Å²) in [7, 11) is 3.61. The summed E-state index contributed by atoms with van der Waals surface area (Å²) in [5.74, 6) is 0. The van der Waals surface area contributed by atoms with Crippen LogP contribution in [0.2, 0.25) is 0 Å². The highest BCUT2D eigenvalue weighted by Gasteiger charge is 2.22. The van der Waals surface area contributed by atoms with Crippen LogP contribution in [0.25, 0.3) is 0 Å². The first-order valence-electron chi connectivity index (χ1n) is 4.36.